The number of carbonyl (C=O) groups excluding carboxylic acids is 1. The molecular formula is C4H9Cl3NO2P. The second kappa shape index (κ2) is 6.13. The highest BCUT2D eigenvalue weighted by molar-refractivity contribution is 8.24. The highest BCUT2D eigenvalue weighted by Crippen LogP contribution is 2.61. The average Bonchev–Trinajstić information content (AvgIpc) is 1.59. The third-order valence-electron chi connectivity index (χ3n) is 0.630. The lowest BCUT2D eigenvalue weighted by atomic mass is 10.7. The predicted molar refractivity (Wildman–Crippen MR) is 49.5 cm³/mol. The number of carbonyl (C=O) groups is 1. The maximum absolute atomic E-state index is 10.1. The van der Waals surface area contributed by atoms with E-state index in [1.54, 1.807) is 14.1 Å². The average molecular weight is 240 g/mol. The first-order chi connectivity index (χ1) is 4.64. The minimum absolute atomic E-state index is 0.0926. The van der Waals surface area contributed by atoms with Crippen LogP contribution in [-0.2, 0) is 9.36 Å². The van der Waals surface area contributed by atoms with Crippen molar-refractivity contribution in [2.45, 2.75) is 6.92 Å². The van der Waals surface area contributed by atoms with E-state index in [2.05, 4.69) is 33.7 Å². The van der Waals surface area contributed by atoms with Crippen LogP contribution < -0.4 is 0 Å². The Hall–Kier alpha value is 0.570. The normalized spacial score (nSPS) is 9.64. The molecule has 0 atom stereocenters. The van der Waals surface area contributed by atoms with Crippen molar-refractivity contribution in [2.75, 3.05) is 14.1 Å². The molecule has 0 fully saturated rings. The largest absolute Gasteiger partial charge is 0.349 e. The second-order valence-electron chi connectivity index (χ2n) is 1.81. The van der Waals surface area contributed by atoms with Crippen LogP contribution in [-0.4, -0.2) is 24.9 Å². The fraction of sp³-hybridized carbons (Fsp3) is 0.750. The van der Waals surface area contributed by atoms with Gasteiger partial charge in [-0.15, -0.1) is 0 Å². The molecule has 0 aliphatic rings. The van der Waals surface area contributed by atoms with Crippen molar-refractivity contribution in [3.8, 4) is 0 Å². The Morgan fingerprint density at radius 3 is 1.36 bits per heavy atom. The summed E-state index contributed by atoms with van der Waals surface area (Å²) in [5, 5.41) is -3.22. The number of amides is 1. The molecule has 0 heterocycles. The first kappa shape index (κ1) is 14.1. The van der Waals surface area contributed by atoms with Gasteiger partial charge in [-0.2, -0.15) is 0 Å². The van der Waals surface area contributed by atoms with Crippen LogP contribution in [0.3, 0.4) is 0 Å². The number of hydrogen-bond acceptors (Lipinski definition) is 2. The summed E-state index contributed by atoms with van der Waals surface area (Å²) >= 11 is 13.8. The quantitative estimate of drug-likeness (QED) is 0.611. The molecule has 0 saturated heterocycles. The summed E-state index contributed by atoms with van der Waals surface area (Å²) in [6.07, 6.45) is 0. The fourth-order valence-corrected chi connectivity index (χ4v) is 0. The molecule has 0 unspecified atom stereocenters. The third-order valence-corrected chi connectivity index (χ3v) is 0.630. The van der Waals surface area contributed by atoms with Crippen LogP contribution in [0.15, 0.2) is 0 Å². The van der Waals surface area contributed by atoms with E-state index in [0.29, 0.717) is 0 Å². The van der Waals surface area contributed by atoms with Crippen molar-refractivity contribution in [3.05, 3.63) is 0 Å². The van der Waals surface area contributed by atoms with Gasteiger partial charge in [-0.05, 0) is 33.7 Å². The number of hydrogen-bond donors (Lipinski definition) is 0. The van der Waals surface area contributed by atoms with Crippen molar-refractivity contribution in [2.24, 2.45) is 0 Å². The van der Waals surface area contributed by atoms with Gasteiger partial charge in [0, 0.05) is 21.0 Å². The lowest BCUT2D eigenvalue weighted by molar-refractivity contribution is -0.126. The molecule has 11 heavy (non-hydrogen) atoms. The minimum Gasteiger partial charge on any atom is -0.349 e. The lowest BCUT2D eigenvalue weighted by Crippen LogP contribution is -2.17. The Bertz CT molecular complexity index is 158. The summed E-state index contributed by atoms with van der Waals surface area (Å²) < 4.78 is 9.51. The monoisotopic (exact) mass is 239 g/mol. The first-order valence-corrected chi connectivity index (χ1v) is 6.93. The molecule has 0 rings (SSSR count). The van der Waals surface area contributed by atoms with Gasteiger partial charge in [0.2, 0.25) is 5.91 Å². The molecule has 0 aromatic rings. The summed E-state index contributed by atoms with van der Waals surface area (Å²) in [7, 11) is 3.45. The molecule has 7 heteroatoms. The molecule has 0 aromatic heterocycles. The van der Waals surface area contributed by atoms with Crippen LogP contribution in [0.4, 0.5) is 0 Å². The van der Waals surface area contributed by atoms with Gasteiger partial charge in [-0.3, -0.25) is 9.36 Å². The molecule has 0 aliphatic heterocycles. The van der Waals surface area contributed by atoms with Gasteiger partial charge in [0.25, 0.3) is 0 Å². The van der Waals surface area contributed by atoms with E-state index in [4.69, 9.17) is 0 Å². The number of halogens is 3. The zero-order valence-corrected chi connectivity index (χ0v) is 9.51. The summed E-state index contributed by atoms with van der Waals surface area (Å²) in [4.78, 5) is 11.6. The summed E-state index contributed by atoms with van der Waals surface area (Å²) in [5.74, 6) is 0.0926. The molecular weight excluding hydrogens is 231 g/mol. The molecule has 3 nitrogen and oxygen atoms in total. The Morgan fingerprint density at radius 2 is 1.36 bits per heavy atom. The number of nitrogens with zero attached hydrogens (tertiary/aromatic N) is 1. The topological polar surface area (TPSA) is 37.4 Å². The second-order valence-corrected chi connectivity index (χ2v) is 8.45. The van der Waals surface area contributed by atoms with E-state index in [9.17, 15) is 9.36 Å². The van der Waals surface area contributed by atoms with E-state index in [-0.39, 0.29) is 5.91 Å². The minimum atomic E-state index is -3.22. The van der Waals surface area contributed by atoms with Gasteiger partial charge in [0.05, 0.1) is 0 Å². The van der Waals surface area contributed by atoms with Crippen LogP contribution >= 0.6 is 38.9 Å². The Labute approximate surface area is 80.3 Å². The van der Waals surface area contributed by atoms with Crippen LogP contribution in [0.1, 0.15) is 6.92 Å². The highest BCUT2D eigenvalue weighted by Gasteiger charge is 2.02. The van der Waals surface area contributed by atoms with Crippen LogP contribution in [0.25, 0.3) is 0 Å². The molecule has 0 N–H and O–H groups in total. The first-order valence-electron chi connectivity index (χ1n) is 2.51. The van der Waals surface area contributed by atoms with Crippen molar-refractivity contribution in [1.29, 1.82) is 0 Å². The Balaban J connectivity index is 0. The van der Waals surface area contributed by atoms with E-state index in [1.165, 1.54) is 11.8 Å². The molecule has 0 bridgehead atoms. The molecule has 0 radical (unpaired) electrons. The maximum Gasteiger partial charge on any atom is 0.339 e. The zero-order valence-electron chi connectivity index (χ0n) is 6.34. The summed E-state index contributed by atoms with van der Waals surface area (Å²) in [6.45, 7) is 1.53. The van der Waals surface area contributed by atoms with E-state index >= 15 is 0 Å². The fourth-order valence-electron chi connectivity index (χ4n) is 0. The van der Waals surface area contributed by atoms with Gasteiger partial charge in [0.15, 0.2) is 0 Å². The highest BCUT2D eigenvalue weighted by atomic mass is 36.0. The Kier molecular flexibility index (Phi) is 7.86. The third kappa shape index (κ3) is 37.2. The van der Waals surface area contributed by atoms with E-state index in [0.717, 1.165) is 0 Å². The van der Waals surface area contributed by atoms with Crippen LogP contribution in [0.5, 0.6) is 0 Å². The smallest absolute Gasteiger partial charge is 0.339 e. The van der Waals surface area contributed by atoms with Crippen molar-refractivity contribution < 1.29 is 9.36 Å². The van der Waals surface area contributed by atoms with Gasteiger partial charge < -0.3 is 4.90 Å². The molecule has 68 valence electrons. The molecule has 0 aliphatic carbocycles. The standard InChI is InChI=1S/C4H9NO.Cl3OP/c1-4(6)5(2)3;1-5(2,3)4/h1-3H3;. The van der Waals surface area contributed by atoms with Gasteiger partial charge >= 0.3 is 5.20 Å². The summed E-state index contributed by atoms with van der Waals surface area (Å²) in [6, 6.07) is 0. The zero-order chi connectivity index (χ0) is 9.65. The number of rotatable bonds is 0. The van der Waals surface area contributed by atoms with E-state index in [1.807, 2.05) is 0 Å². The van der Waals surface area contributed by atoms with Gasteiger partial charge in [-0.1, -0.05) is 0 Å². The van der Waals surface area contributed by atoms with E-state index < -0.39 is 5.20 Å². The van der Waals surface area contributed by atoms with Gasteiger partial charge in [0.1, 0.15) is 0 Å². The molecule has 0 spiro atoms. The SMILES string of the molecule is CC(=O)N(C)C.O=P(Cl)(Cl)Cl. The summed E-state index contributed by atoms with van der Waals surface area (Å²) in [5.41, 5.74) is 0. The Morgan fingerprint density at radius 1 is 1.27 bits per heavy atom. The predicted octanol–water partition coefficient (Wildman–Crippen LogP) is 2.91. The van der Waals surface area contributed by atoms with Crippen molar-refractivity contribution >= 4 is 44.8 Å². The molecule has 0 aromatic carbocycles. The lowest BCUT2D eigenvalue weighted by Gasteiger charge is -2.02. The van der Waals surface area contributed by atoms with Crippen molar-refractivity contribution in [3.63, 3.8) is 0 Å². The van der Waals surface area contributed by atoms with Crippen molar-refractivity contribution in [1.82, 2.24) is 4.90 Å². The van der Waals surface area contributed by atoms with Gasteiger partial charge in [-0.25, -0.2) is 0 Å². The van der Waals surface area contributed by atoms with Crippen LogP contribution in [0, 0.1) is 0 Å². The molecule has 0 saturated carbocycles. The maximum atomic E-state index is 10.1. The molecule has 1 amide bonds. The van der Waals surface area contributed by atoms with Crippen LogP contribution in [0.2, 0.25) is 0 Å².